The summed E-state index contributed by atoms with van der Waals surface area (Å²) in [6, 6.07) is 6.80. The zero-order valence-electron chi connectivity index (χ0n) is 20.1. The van der Waals surface area contributed by atoms with Crippen molar-refractivity contribution in [1.29, 1.82) is 0 Å². The molecular weight excluding hydrogens is 454 g/mol. The highest BCUT2D eigenvalue weighted by Gasteiger charge is 2.48. The Kier molecular flexibility index (Phi) is 7.04. The number of nitrogens with zero attached hydrogens (tertiary/aromatic N) is 3. The lowest BCUT2D eigenvalue weighted by Crippen LogP contribution is -2.59. The first-order valence-electron chi connectivity index (χ1n) is 12.8. The van der Waals surface area contributed by atoms with Gasteiger partial charge in [-0.2, -0.15) is 4.31 Å². The van der Waals surface area contributed by atoms with E-state index in [0.717, 1.165) is 44.9 Å². The van der Waals surface area contributed by atoms with E-state index in [2.05, 4.69) is 4.90 Å². The van der Waals surface area contributed by atoms with Crippen molar-refractivity contribution in [3.05, 3.63) is 24.3 Å². The van der Waals surface area contributed by atoms with Gasteiger partial charge in [0, 0.05) is 25.2 Å². The first kappa shape index (κ1) is 23.9. The number of sulfonamides is 1. The second-order valence-electron chi connectivity index (χ2n) is 10.1. The smallest absolute Gasteiger partial charge is 0.410 e. The molecular formula is C25H37N3O5S. The fourth-order valence-electron chi connectivity index (χ4n) is 6.36. The van der Waals surface area contributed by atoms with Gasteiger partial charge in [0.1, 0.15) is 11.9 Å². The maximum atomic E-state index is 13.6. The molecule has 1 aromatic rings. The van der Waals surface area contributed by atoms with Crippen molar-refractivity contribution in [2.45, 2.75) is 86.9 Å². The van der Waals surface area contributed by atoms with Crippen LogP contribution in [0.2, 0.25) is 0 Å². The van der Waals surface area contributed by atoms with Crippen molar-refractivity contribution in [2.75, 3.05) is 33.3 Å². The van der Waals surface area contributed by atoms with E-state index in [-0.39, 0.29) is 23.1 Å². The Morgan fingerprint density at radius 2 is 1.56 bits per heavy atom. The van der Waals surface area contributed by atoms with Crippen LogP contribution in [0, 0.1) is 0 Å². The van der Waals surface area contributed by atoms with Crippen LogP contribution in [-0.4, -0.2) is 86.1 Å². The minimum absolute atomic E-state index is 0.0305. The van der Waals surface area contributed by atoms with E-state index in [1.54, 1.807) is 35.7 Å². The number of ether oxygens (including phenoxy) is 2. The van der Waals surface area contributed by atoms with E-state index < -0.39 is 16.1 Å². The van der Waals surface area contributed by atoms with Crippen LogP contribution in [0.1, 0.15) is 57.8 Å². The van der Waals surface area contributed by atoms with Gasteiger partial charge in [-0.25, -0.2) is 13.2 Å². The summed E-state index contributed by atoms with van der Waals surface area (Å²) in [7, 11) is -2.13. The van der Waals surface area contributed by atoms with Crippen LogP contribution in [0.3, 0.4) is 0 Å². The Bertz CT molecular complexity index is 955. The van der Waals surface area contributed by atoms with Gasteiger partial charge in [-0.3, -0.25) is 0 Å². The number of piperidine rings is 3. The van der Waals surface area contributed by atoms with Crippen LogP contribution in [0.4, 0.5) is 4.79 Å². The molecule has 8 nitrogen and oxygen atoms in total. The standard InChI is InChI=1S/C25H37N3O5S/c1-32-21-8-10-22(11-9-21)34(30,31)28-20-5-4-6-23(28)24(12-7-20)33-25(29)27-17-13-19(14-18-27)26-15-2-3-16-26/h8-11,19-20,23-24H,2-7,12-18H2,1H3/t20?,23?,24-/m0/s1. The second-order valence-corrected chi connectivity index (χ2v) is 12.0. The van der Waals surface area contributed by atoms with Crippen LogP contribution in [0.25, 0.3) is 0 Å². The summed E-state index contributed by atoms with van der Waals surface area (Å²) >= 11 is 0. The number of hydrogen-bond donors (Lipinski definition) is 0. The van der Waals surface area contributed by atoms with Gasteiger partial charge in [0.2, 0.25) is 10.0 Å². The van der Waals surface area contributed by atoms with Crippen LogP contribution >= 0.6 is 0 Å². The van der Waals surface area contributed by atoms with E-state index in [1.165, 1.54) is 25.9 Å². The number of benzene rings is 1. The molecule has 2 bridgehead atoms. The van der Waals surface area contributed by atoms with E-state index >= 15 is 0 Å². The third kappa shape index (κ3) is 4.66. The SMILES string of the molecule is COc1ccc(S(=O)(=O)N2C3CCCC2[C@@H](OC(=O)N2CCC(N4CCCC4)CC2)CC3)cc1. The Morgan fingerprint density at radius 3 is 2.24 bits per heavy atom. The molecule has 9 heteroatoms. The van der Waals surface area contributed by atoms with E-state index in [4.69, 9.17) is 9.47 Å². The van der Waals surface area contributed by atoms with Gasteiger partial charge in [0.15, 0.2) is 0 Å². The minimum atomic E-state index is -3.69. The van der Waals surface area contributed by atoms with E-state index in [9.17, 15) is 13.2 Å². The van der Waals surface area contributed by atoms with Crippen molar-refractivity contribution in [3.8, 4) is 5.75 Å². The van der Waals surface area contributed by atoms with Crippen molar-refractivity contribution in [3.63, 3.8) is 0 Å². The molecule has 2 unspecified atom stereocenters. The molecule has 4 saturated heterocycles. The molecule has 0 N–H and O–H groups in total. The lowest BCUT2D eigenvalue weighted by molar-refractivity contribution is -0.0284. The summed E-state index contributed by atoms with van der Waals surface area (Å²) in [4.78, 5) is 17.7. The van der Waals surface area contributed by atoms with Crippen molar-refractivity contribution in [2.24, 2.45) is 0 Å². The summed E-state index contributed by atoms with van der Waals surface area (Å²) in [5.74, 6) is 0.623. The molecule has 188 valence electrons. The minimum Gasteiger partial charge on any atom is -0.497 e. The average Bonchev–Trinajstić information content (AvgIpc) is 3.41. The number of carbonyl (C=O) groups is 1. The summed E-state index contributed by atoms with van der Waals surface area (Å²) in [6.07, 6.45) is 7.85. The number of carbonyl (C=O) groups excluding carboxylic acids is 1. The largest absolute Gasteiger partial charge is 0.497 e. The van der Waals surface area contributed by atoms with Crippen LogP contribution in [0.5, 0.6) is 5.75 Å². The molecule has 1 amide bonds. The zero-order valence-corrected chi connectivity index (χ0v) is 20.9. The summed E-state index contributed by atoms with van der Waals surface area (Å²) in [5, 5.41) is 0. The number of amides is 1. The normalized spacial score (nSPS) is 29.2. The number of likely N-dealkylation sites (tertiary alicyclic amines) is 2. The summed E-state index contributed by atoms with van der Waals surface area (Å²) < 4.78 is 40.1. The molecule has 3 atom stereocenters. The van der Waals surface area contributed by atoms with E-state index in [0.29, 0.717) is 24.9 Å². The Hall–Kier alpha value is -1.84. The number of fused-ring (bicyclic) bond motifs is 2. The first-order chi connectivity index (χ1) is 16.5. The third-order valence-electron chi connectivity index (χ3n) is 8.20. The predicted octanol–water partition coefficient (Wildman–Crippen LogP) is 3.47. The summed E-state index contributed by atoms with van der Waals surface area (Å²) in [6.45, 7) is 3.79. The fourth-order valence-corrected chi connectivity index (χ4v) is 8.29. The van der Waals surface area contributed by atoms with Gasteiger partial charge in [-0.15, -0.1) is 0 Å². The topological polar surface area (TPSA) is 79.4 Å². The summed E-state index contributed by atoms with van der Waals surface area (Å²) in [5.41, 5.74) is 0. The lowest BCUT2D eigenvalue weighted by atomic mass is 9.85. The molecule has 0 aliphatic carbocycles. The predicted molar refractivity (Wildman–Crippen MR) is 128 cm³/mol. The highest BCUT2D eigenvalue weighted by atomic mass is 32.2. The van der Waals surface area contributed by atoms with Gasteiger partial charge in [0.25, 0.3) is 0 Å². The maximum absolute atomic E-state index is 13.6. The fraction of sp³-hybridized carbons (Fsp3) is 0.720. The Balaban J connectivity index is 1.25. The Labute approximate surface area is 203 Å². The van der Waals surface area contributed by atoms with Gasteiger partial charge in [-0.05, 0) is 88.7 Å². The molecule has 0 saturated carbocycles. The van der Waals surface area contributed by atoms with Gasteiger partial charge in [0.05, 0.1) is 18.0 Å². The number of hydrogen-bond acceptors (Lipinski definition) is 6. The molecule has 4 heterocycles. The first-order valence-corrected chi connectivity index (χ1v) is 14.3. The average molecular weight is 492 g/mol. The molecule has 5 rings (SSSR count). The molecule has 34 heavy (non-hydrogen) atoms. The van der Waals surface area contributed by atoms with Gasteiger partial charge >= 0.3 is 6.09 Å². The molecule has 4 aliphatic heterocycles. The Morgan fingerprint density at radius 1 is 0.853 bits per heavy atom. The molecule has 4 fully saturated rings. The van der Waals surface area contributed by atoms with Crippen molar-refractivity contribution in [1.82, 2.24) is 14.1 Å². The number of methoxy groups -OCH3 is 1. The van der Waals surface area contributed by atoms with E-state index in [1.807, 2.05) is 4.90 Å². The molecule has 4 aliphatic rings. The monoisotopic (exact) mass is 491 g/mol. The lowest BCUT2D eigenvalue weighted by Gasteiger charge is -2.48. The van der Waals surface area contributed by atoms with Crippen LogP contribution in [-0.2, 0) is 14.8 Å². The van der Waals surface area contributed by atoms with Crippen LogP contribution < -0.4 is 4.74 Å². The number of rotatable bonds is 5. The second kappa shape index (κ2) is 10.0. The quantitative estimate of drug-likeness (QED) is 0.628. The third-order valence-corrected chi connectivity index (χ3v) is 10.2. The highest BCUT2D eigenvalue weighted by molar-refractivity contribution is 7.89. The molecule has 0 aromatic heterocycles. The zero-order chi connectivity index (χ0) is 23.7. The van der Waals surface area contributed by atoms with Gasteiger partial charge in [-0.1, -0.05) is 6.42 Å². The molecule has 0 spiro atoms. The molecule has 0 radical (unpaired) electrons. The van der Waals surface area contributed by atoms with Crippen molar-refractivity contribution >= 4 is 16.1 Å². The van der Waals surface area contributed by atoms with Crippen LogP contribution in [0.15, 0.2) is 29.2 Å². The molecule has 1 aromatic carbocycles. The highest BCUT2D eigenvalue weighted by Crippen LogP contribution is 2.40. The maximum Gasteiger partial charge on any atom is 0.410 e. The van der Waals surface area contributed by atoms with Crippen molar-refractivity contribution < 1.29 is 22.7 Å². The van der Waals surface area contributed by atoms with Gasteiger partial charge < -0.3 is 19.3 Å².